The lowest BCUT2D eigenvalue weighted by Crippen LogP contribution is -2.44. The van der Waals surface area contributed by atoms with E-state index in [1.165, 1.54) is 25.7 Å². The van der Waals surface area contributed by atoms with E-state index in [0.29, 0.717) is 5.54 Å². The van der Waals surface area contributed by atoms with Crippen molar-refractivity contribution >= 4 is 16.5 Å². The Hall–Kier alpha value is -0.570. The predicted octanol–water partition coefficient (Wildman–Crippen LogP) is 3.20. The summed E-state index contributed by atoms with van der Waals surface area (Å²) in [6.45, 7) is 4.30. The van der Waals surface area contributed by atoms with Crippen LogP contribution in [0.25, 0.3) is 0 Å². The van der Waals surface area contributed by atoms with Gasteiger partial charge in [0.25, 0.3) is 0 Å². The Kier molecular flexibility index (Phi) is 2.28. The van der Waals surface area contributed by atoms with Gasteiger partial charge in [-0.1, -0.05) is 6.92 Å². The molecule has 1 aliphatic rings. The van der Waals surface area contributed by atoms with Gasteiger partial charge in [0, 0.05) is 10.9 Å². The van der Waals surface area contributed by atoms with Crippen LogP contribution in [-0.2, 0) is 0 Å². The van der Waals surface area contributed by atoms with Gasteiger partial charge < -0.3 is 5.32 Å². The molecule has 0 unspecified atom stereocenters. The molecule has 0 aromatic carbocycles. The Bertz CT molecular complexity index is 283. The van der Waals surface area contributed by atoms with Crippen LogP contribution in [0.15, 0.2) is 5.38 Å². The summed E-state index contributed by atoms with van der Waals surface area (Å²) < 4.78 is 0. The zero-order chi connectivity index (χ0) is 9.31. The molecule has 0 aliphatic heterocycles. The SMILES string of the molecule is CCC1(Nc2nc(C)cs2)CCC1. The van der Waals surface area contributed by atoms with Gasteiger partial charge in [-0.25, -0.2) is 4.98 Å². The molecule has 1 fully saturated rings. The highest BCUT2D eigenvalue weighted by atomic mass is 32.1. The van der Waals surface area contributed by atoms with E-state index in [0.717, 1.165) is 10.8 Å². The average molecular weight is 196 g/mol. The summed E-state index contributed by atoms with van der Waals surface area (Å²) in [6, 6.07) is 0. The van der Waals surface area contributed by atoms with Crippen LogP contribution in [0.2, 0.25) is 0 Å². The van der Waals surface area contributed by atoms with Crippen LogP contribution in [0.1, 0.15) is 38.3 Å². The zero-order valence-corrected chi connectivity index (χ0v) is 9.08. The maximum atomic E-state index is 4.43. The van der Waals surface area contributed by atoms with Crippen molar-refractivity contribution in [3.63, 3.8) is 0 Å². The summed E-state index contributed by atoms with van der Waals surface area (Å²) in [5.74, 6) is 0. The largest absolute Gasteiger partial charge is 0.356 e. The first kappa shape index (κ1) is 9.00. The third-order valence-corrected chi connectivity index (χ3v) is 3.85. The third-order valence-electron chi connectivity index (χ3n) is 2.98. The highest BCUT2D eigenvalue weighted by Crippen LogP contribution is 2.38. The van der Waals surface area contributed by atoms with Crippen molar-refractivity contribution in [2.75, 3.05) is 5.32 Å². The summed E-state index contributed by atoms with van der Waals surface area (Å²) in [5.41, 5.74) is 1.50. The molecule has 3 heteroatoms. The molecule has 1 aromatic heterocycles. The molecule has 0 atom stereocenters. The average Bonchev–Trinajstić information content (AvgIpc) is 2.44. The molecule has 0 saturated heterocycles. The van der Waals surface area contributed by atoms with Gasteiger partial charge in [0.2, 0.25) is 0 Å². The molecule has 0 amide bonds. The third kappa shape index (κ3) is 1.70. The molecule has 13 heavy (non-hydrogen) atoms. The number of hydrogen-bond acceptors (Lipinski definition) is 3. The maximum absolute atomic E-state index is 4.43. The fraction of sp³-hybridized carbons (Fsp3) is 0.700. The van der Waals surface area contributed by atoms with E-state index < -0.39 is 0 Å². The Morgan fingerprint density at radius 2 is 2.38 bits per heavy atom. The Morgan fingerprint density at radius 3 is 2.77 bits per heavy atom. The standard InChI is InChI=1S/C10H16N2S/c1-3-10(5-4-6-10)12-9-11-8(2)7-13-9/h7H,3-6H2,1-2H3,(H,11,12). The smallest absolute Gasteiger partial charge is 0.183 e. The lowest BCUT2D eigenvalue weighted by atomic mass is 9.75. The molecule has 72 valence electrons. The Balaban J connectivity index is 2.04. The topological polar surface area (TPSA) is 24.9 Å². The molecule has 1 heterocycles. The van der Waals surface area contributed by atoms with Crippen LogP contribution in [0.5, 0.6) is 0 Å². The number of nitrogens with zero attached hydrogens (tertiary/aromatic N) is 1. The number of rotatable bonds is 3. The van der Waals surface area contributed by atoms with E-state index in [1.807, 2.05) is 6.92 Å². The first-order chi connectivity index (χ1) is 6.24. The number of hydrogen-bond donors (Lipinski definition) is 1. The number of thiazole rings is 1. The van der Waals surface area contributed by atoms with Crippen molar-refractivity contribution in [2.24, 2.45) is 0 Å². The van der Waals surface area contributed by atoms with Gasteiger partial charge in [0.05, 0.1) is 5.69 Å². The lowest BCUT2D eigenvalue weighted by Gasteiger charge is -2.41. The molecule has 0 radical (unpaired) electrons. The van der Waals surface area contributed by atoms with Crippen LogP contribution in [0.3, 0.4) is 0 Å². The number of aryl methyl sites for hydroxylation is 1. The molecule has 1 saturated carbocycles. The van der Waals surface area contributed by atoms with E-state index in [2.05, 4.69) is 22.6 Å². The minimum Gasteiger partial charge on any atom is -0.356 e. The van der Waals surface area contributed by atoms with Crippen LogP contribution >= 0.6 is 11.3 Å². The normalized spacial score (nSPS) is 19.5. The summed E-state index contributed by atoms with van der Waals surface area (Å²) in [5, 5.41) is 6.77. The zero-order valence-electron chi connectivity index (χ0n) is 8.26. The Morgan fingerprint density at radius 1 is 1.62 bits per heavy atom. The van der Waals surface area contributed by atoms with Crippen molar-refractivity contribution in [2.45, 2.75) is 45.1 Å². The maximum Gasteiger partial charge on any atom is 0.183 e. The molecule has 2 rings (SSSR count). The Labute approximate surface area is 83.4 Å². The number of anilines is 1. The van der Waals surface area contributed by atoms with Crippen molar-refractivity contribution in [3.05, 3.63) is 11.1 Å². The highest BCUT2D eigenvalue weighted by molar-refractivity contribution is 7.13. The van der Waals surface area contributed by atoms with Gasteiger partial charge in [-0.05, 0) is 32.6 Å². The second-order valence-corrected chi connectivity index (χ2v) is 4.76. The van der Waals surface area contributed by atoms with Crippen molar-refractivity contribution in [3.8, 4) is 0 Å². The summed E-state index contributed by atoms with van der Waals surface area (Å²) >= 11 is 1.72. The number of aromatic nitrogens is 1. The fourth-order valence-corrected chi connectivity index (χ4v) is 2.62. The van der Waals surface area contributed by atoms with Crippen LogP contribution in [0, 0.1) is 6.92 Å². The molecule has 2 nitrogen and oxygen atoms in total. The van der Waals surface area contributed by atoms with E-state index >= 15 is 0 Å². The number of nitrogens with one attached hydrogen (secondary N) is 1. The molecular formula is C10H16N2S. The second-order valence-electron chi connectivity index (χ2n) is 3.91. The molecular weight excluding hydrogens is 180 g/mol. The van der Waals surface area contributed by atoms with Crippen molar-refractivity contribution < 1.29 is 0 Å². The van der Waals surface area contributed by atoms with Gasteiger partial charge in [0.1, 0.15) is 0 Å². The van der Waals surface area contributed by atoms with E-state index in [1.54, 1.807) is 11.3 Å². The second kappa shape index (κ2) is 3.29. The van der Waals surface area contributed by atoms with Gasteiger partial charge in [-0.2, -0.15) is 0 Å². The monoisotopic (exact) mass is 196 g/mol. The minimum absolute atomic E-state index is 0.379. The fourth-order valence-electron chi connectivity index (χ4n) is 1.81. The molecule has 1 aromatic rings. The van der Waals surface area contributed by atoms with E-state index in [9.17, 15) is 0 Å². The van der Waals surface area contributed by atoms with Crippen LogP contribution in [-0.4, -0.2) is 10.5 Å². The first-order valence-electron chi connectivity index (χ1n) is 4.94. The van der Waals surface area contributed by atoms with Crippen molar-refractivity contribution in [1.29, 1.82) is 0 Å². The molecule has 0 spiro atoms. The lowest BCUT2D eigenvalue weighted by molar-refractivity contribution is 0.269. The van der Waals surface area contributed by atoms with Crippen LogP contribution < -0.4 is 5.32 Å². The van der Waals surface area contributed by atoms with Gasteiger partial charge in [-0.3, -0.25) is 0 Å². The van der Waals surface area contributed by atoms with Crippen molar-refractivity contribution in [1.82, 2.24) is 4.98 Å². The molecule has 1 aliphatic carbocycles. The first-order valence-corrected chi connectivity index (χ1v) is 5.82. The quantitative estimate of drug-likeness (QED) is 0.803. The van der Waals surface area contributed by atoms with Gasteiger partial charge >= 0.3 is 0 Å². The summed E-state index contributed by atoms with van der Waals surface area (Å²) in [4.78, 5) is 4.43. The predicted molar refractivity (Wildman–Crippen MR) is 57.3 cm³/mol. The van der Waals surface area contributed by atoms with E-state index in [4.69, 9.17) is 0 Å². The highest BCUT2D eigenvalue weighted by Gasteiger charge is 2.35. The van der Waals surface area contributed by atoms with Gasteiger partial charge in [0.15, 0.2) is 5.13 Å². The summed E-state index contributed by atoms with van der Waals surface area (Å²) in [6.07, 6.45) is 5.20. The summed E-state index contributed by atoms with van der Waals surface area (Å²) in [7, 11) is 0. The van der Waals surface area contributed by atoms with Crippen LogP contribution in [0.4, 0.5) is 5.13 Å². The van der Waals surface area contributed by atoms with Gasteiger partial charge in [-0.15, -0.1) is 11.3 Å². The molecule has 0 bridgehead atoms. The van der Waals surface area contributed by atoms with E-state index in [-0.39, 0.29) is 0 Å². The minimum atomic E-state index is 0.379. The molecule has 1 N–H and O–H groups in total.